The number of hydrogen-bond donors (Lipinski definition) is 1. The van der Waals surface area contributed by atoms with Crippen LogP contribution in [0.15, 0.2) is 0 Å². The molecule has 1 N–H and O–H groups in total. The van der Waals surface area contributed by atoms with E-state index in [4.69, 9.17) is 0 Å². The number of rotatable bonds is 4. The lowest BCUT2D eigenvalue weighted by molar-refractivity contribution is -0.136. The van der Waals surface area contributed by atoms with E-state index in [1.54, 1.807) is 4.90 Å². The van der Waals surface area contributed by atoms with Crippen LogP contribution in [0, 0.1) is 5.92 Å². The second-order valence-electron chi connectivity index (χ2n) is 4.12. The molecule has 0 aromatic heterocycles. The molecule has 1 rings (SSSR count). The zero-order valence-electron chi connectivity index (χ0n) is 9.75. The highest BCUT2D eigenvalue weighted by atomic mass is 16.2. The van der Waals surface area contributed by atoms with Crippen molar-refractivity contribution in [3.63, 3.8) is 0 Å². The van der Waals surface area contributed by atoms with Crippen LogP contribution in [0.5, 0.6) is 0 Å². The standard InChI is InChI=1S/C11H20N2O2/c1-4-9(5-2)13(3)11(15)8-6-10(14)12-7-8/h8-9H,4-7H2,1-3H3,(H,12,14). The summed E-state index contributed by atoms with van der Waals surface area (Å²) in [7, 11) is 1.84. The molecule has 1 fully saturated rings. The first-order valence-corrected chi connectivity index (χ1v) is 5.63. The molecule has 0 radical (unpaired) electrons. The van der Waals surface area contributed by atoms with Gasteiger partial charge in [-0.2, -0.15) is 0 Å². The van der Waals surface area contributed by atoms with Gasteiger partial charge in [0.2, 0.25) is 11.8 Å². The molecule has 0 aromatic rings. The average molecular weight is 212 g/mol. The first-order valence-electron chi connectivity index (χ1n) is 5.63. The molecular weight excluding hydrogens is 192 g/mol. The smallest absolute Gasteiger partial charge is 0.227 e. The molecule has 1 atom stereocenters. The molecule has 0 bridgehead atoms. The molecular formula is C11H20N2O2. The molecule has 2 amide bonds. The summed E-state index contributed by atoms with van der Waals surface area (Å²) in [6.45, 7) is 4.66. The Hall–Kier alpha value is -1.06. The van der Waals surface area contributed by atoms with Crippen molar-refractivity contribution in [2.75, 3.05) is 13.6 Å². The fraction of sp³-hybridized carbons (Fsp3) is 0.818. The largest absolute Gasteiger partial charge is 0.355 e. The van der Waals surface area contributed by atoms with E-state index >= 15 is 0 Å². The second kappa shape index (κ2) is 5.14. The van der Waals surface area contributed by atoms with Crippen molar-refractivity contribution in [2.24, 2.45) is 5.92 Å². The van der Waals surface area contributed by atoms with E-state index in [1.807, 2.05) is 7.05 Å². The molecule has 0 aliphatic carbocycles. The Labute approximate surface area is 91.0 Å². The number of nitrogens with one attached hydrogen (secondary N) is 1. The maximum Gasteiger partial charge on any atom is 0.227 e. The van der Waals surface area contributed by atoms with E-state index in [9.17, 15) is 9.59 Å². The normalized spacial score (nSPS) is 20.5. The van der Waals surface area contributed by atoms with Crippen LogP contribution in [0.3, 0.4) is 0 Å². The van der Waals surface area contributed by atoms with Gasteiger partial charge in [0.25, 0.3) is 0 Å². The van der Waals surface area contributed by atoms with Gasteiger partial charge in [0.15, 0.2) is 0 Å². The minimum absolute atomic E-state index is 0.00806. The van der Waals surface area contributed by atoms with Gasteiger partial charge in [-0.05, 0) is 12.8 Å². The lowest BCUT2D eigenvalue weighted by Gasteiger charge is -2.28. The number of carbonyl (C=O) groups excluding carboxylic acids is 2. The van der Waals surface area contributed by atoms with Crippen LogP contribution < -0.4 is 5.32 Å². The van der Waals surface area contributed by atoms with E-state index in [1.165, 1.54) is 0 Å². The molecule has 0 spiro atoms. The molecule has 1 saturated heterocycles. The molecule has 1 aliphatic rings. The third-order valence-corrected chi connectivity index (χ3v) is 3.16. The molecule has 1 heterocycles. The first kappa shape index (κ1) is 12.0. The van der Waals surface area contributed by atoms with E-state index in [0.717, 1.165) is 12.8 Å². The van der Waals surface area contributed by atoms with Crippen molar-refractivity contribution in [2.45, 2.75) is 39.2 Å². The summed E-state index contributed by atoms with van der Waals surface area (Å²) >= 11 is 0. The molecule has 0 saturated carbocycles. The summed E-state index contributed by atoms with van der Waals surface area (Å²) < 4.78 is 0. The highest BCUT2D eigenvalue weighted by Gasteiger charge is 2.31. The predicted molar refractivity (Wildman–Crippen MR) is 58.3 cm³/mol. The number of amides is 2. The summed E-state index contributed by atoms with van der Waals surface area (Å²) in [5.74, 6) is -0.0588. The van der Waals surface area contributed by atoms with Gasteiger partial charge in [-0.15, -0.1) is 0 Å². The van der Waals surface area contributed by atoms with Gasteiger partial charge < -0.3 is 10.2 Å². The third-order valence-electron chi connectivity index (χ3n) is 3.16. The summed E-state index contributed by atoms with van der Waals surface area (Å²) in [6.07, 6.45) is 2.28. The fourth-order valence-electron chi connectivity index (χ4n) is 2.08. The maximum atomic E-state index is 12.0. The van der Waals surface area contributed by atoms with E-state index in [2.05, 4.69) is 19.2 Å². The van der Waals surface area contributed by atoms with Crippen LogP contribution in [-0.4, -0.2) is 36.3 Å². The van der Waals surface area contributed by atoms with E-state index in [0.29, 0.717) is 19.0 Å². The van der Waals surface area contributed by atoms with Gasteiger partial charge in [0, 0.05) is 26.1 Å². The lowest BCUT2D eigenvalue weighted by atomic mass is 10.0. The summed E-state index contributed by atoms with van der Waals surface area (Å²) in [5, 5.41) is 2.69. The number of nitrogens with zero attached hydrogens (tertiary/aromatic N) is 1. The minimum atomic E-state index is -0.150. The van der Waals surface area contributed by atoms with Crippen LogP contribution in [0.1, 0.15) is 33.1 Å². The highest BCUT2D eigenvalue weighted by Crippen LogP contribution is 2.15. The van der Waals surface area contributed by atoms with Gasteiger partial charge >= 0.3 is 0 Å². The van der Waals surface area contributed by atoms with Gasteiger partial charge in [-0.25, -0.2) is 0 Å². The van der Waals surface area contributed by atoms with Crippen molar-refractivity contribution < 1.29 is 9.59 Å². The van der Waals surface area contributed by atoms with Gasteiger partial charge in [0.1, 0.15) is 0 Å². The second-order valence-corrected chi connectivity index (χ2v) is 4.12. The SMILES string of the molecule is CCC(CC)N(C)C(=O)C1CNC(=O)C1. The van der Waals surface area contributed by atoms with Crippen molar-refractivity contribution in [3.05, 3.63) is 0 Å². The zero-order valence-corrected chi connectivity index (χ0v) is 9.75. The molecule has 4 heteroatoms. The molecule has 0 aromatic carbocycles. The molecule has 15 heavy (non-hydrogen) atoms. The number of carbonyl (C=O) groups is 2. The third kappa shape index (κ3) is 2.70. The fourth-order valence-corrected chi connectivity index (χ4v) is 2.08. The summed E-state index contributed by atoms with van der Waals surface area (Å²) in [4.78, 5) is 24.8. The average Bonchev–Trinajstić information content (AvgIpc) is 2.65. The first-order chi connectivity index (χ1) is 7.10. The molecule has 1 unspecified atom stereocenters. The molecule has 1 aliphatic heterocycles. The summed E-state index contributed by atoms with van der Waals surface area (Å²) in [5.41, 5.74) is 0. The van der Waals surface area contributed by atoms with Crippen LogP contribution in [-0.2, 0) is 9.59 Å². The van der Waals surface area contributed by atoms with Crippen molar-refractivity contribution in [1.29, 1.82) is 0 Å². The Balaban J connectivity index is 2.55. The van der Waals surface area contributed by atoms with Crippen LogP contribution in [0.25, 0.3) is 0 Å². The molecule has 4 nitrogen and oxygen atoms in total. The Morgan fingerprint density at radius 2 is 2.13 bits per heavy atom. The van der Waals surface area contributed by atoms with E-state index < -0.39 is 0 Å². The van der Waals surface area contributed by atoms with Gasteiger partial charge in [-0.1, -0.05) is 13.8 Å². The summed E-state index contributed by atoms with van der Waals surface area (Å²) in [6, 6.07) is 0.299. The predicted octanol–water partition coefficient (Wildman–Crippen LogP) is 0.770. The van der Waals surface area contributed by atoms with Crippen molar-refractivity contribution in [1.82, 2.24) is 10.2 Å². The Morgan fingerprint density at radius 1 is 1.53 bits per heavy atom. The van der Waals surface area contributed by atoms with Crippen LogP contribution in [0.4, 0.5) is 0 Å². The lowest BCUT2D eigenvalue weighted by Crippen LogP contribution is -2.40. The van der Waals surface area contributed by atoms with Crippen LogP contribution in [0.2, 0.25) is 0 Å². The molecule has 86 valence electrons. The van der Waals surface area contributed by atoms with Crippen molar-refractivity contribution >= 4 is 11.8 Å². The Morgan fingerprint density at radius 3 is 2.53 bits per heavy atom. The van der Waals surface area contributed by atoms with Crippen LogP contribution >= 0.6 is 0 Å². The quantitative estimate of drug-likeness (QED) is 0.748. The Kier molecular flexibility index (Phi) is 4.12. The zero-order chi connectivity index (χ0) is 11.4. The van der Waals surface area contributed by atoms with Gasteiger partial charge in [0.05, 0.1) is 5.92 Å². The van der Waals surface area contributed by atoms with Crippen molar-refractivity contribution in [3.8, 4) is 0 Å². The van der Waals surface area contributed by atoms with E-state index in [-0.39, 0.29) is 17.7 Å². The highest BCUT2D eigenvalue weighted by molar-refractivity contribution is 5.89. The minimum Gasteiger partial charge on any atom is -0.355 e. The Bertz CT molecular complexity index is 249. The maximum absolute atomic E-state index is 12.0. The number of hydrogen-bond acceptors (Lipinski definition) is 2. The van der Waals surface area contributed by atoms with Gasteiger partial charge in [-0.3, -0.25) is 9.59 Å². The monoisotopic (exact) mass is 212 g/mol. The topological polar surface area (TPSA) is 49.4 Å².